The summed E-state index contributed by atoms with van der Waals surface area (Å²) in [5.74, 6) is 0. The Balaban J connectivity index is 3.50. The van der Waals surface area contributed by atoms with E-state index in [2.05, 4.69) is 12.7 Å². The molecule has 6 heavy (non-hydrogen) atoms. The molecule has 33 valence electrons. The maximum absolute atomic E-state index is 3.44. The van der Waals surface area contributed by atoms with Crippen LogP contribution in [0.5, 0.6) is 0 Å². The lowest BCUT2D eigenvalue weighted by molar-refractivity contribution is 1.46. The van der Waals surface area contributed by atoms with Gasteiger partial charge in [0.1, 0.15) is 0 Å². The minimum atomic E-state index is 1.11. The molecule has 1 radical (unpaired) electrons. The van der Waals surface area contributed by atoms with Crippen LogP contribution in [0, 0.1) is 6.08 Å². The third-order valence-corrected chi connectivity index (χ3v) is 0.712. The van der Waals surface area contributed by atoms with Gasteiger partial charge in [0.15, 0.2) is 0 Å². The van der Waals surface area contributed by atoms with Gasteiger partial charge >= 0.3 is 0 Å². The number of hydrogen-bond donors (Lipinski definition) is 0. The molecule has 0 atom stereocenters. The molecule has 0 aromatic rings. The normalized spacial score (nSPS) is 11.3. The number of rotatable bonds is 1. The second-order valence-corrected chi connectivity index (χ2v) is 1.15. The summed E-state index contributed by atoms with van der Waals surface area (Å²) >= 11 is 0. The van der Waals surface area contributed by atoms with Crippen molar-refractivity contribution in [1.82, 2.24) is 0 Å². The molecule has 0 unspecified atom stereocenters. The molecule has 0 amide bonds. The van der Waals surface area contributed by atoms with Crippen LogP contribution < -0.4 is 0 Å². The van der Waals surface area contributed by atoms with E-state index in [4.69, 9.17) is 0 Å². The van der Waals surface area contributed by atoms with E-state index in [9.17, 15) is 0 Å². The first kappa shape index (κ1) is 5.48. The average Bonchev–Trinajstić information content (AvgIpc) is 1.65. The fourth-order valence-electron chi connectivity index (χ4n) is 0.102. The predicted molar refractivity (Wildman–Crippen MR) is 28.3 cm³/mol. The predicted octanol–water partition coefficient (Wildman–Crippen LogP) is 1.94. The van der Waals surface area contributed by atoms with Crippen LogP contribution in [0.25, 0.3) is 0 Å². The van der Waals surface area contributed by atoms with Crippen LogP contribution in [0.15, 0.2) is 18.2 Å². The Morgan fingerprint density at radius 1 is 1.83 bits per heavy atom. The highest BCUT2D eigenvalue weighted by Gasteiger charge is 1.67. The van der Waals surface area contributed by atoms with E-state index in [1.54, 1.807) is 0 Å². The van der Waals surface area contributed by atoms with Crippen molar-refractivity contribution >= 4 is 0 Å². The van der Waals surface area contributed by atoms with Gasteiger partial charge in [0, 0.05) is 0 Å². The molecule has 0 aromatic carbocycles. The second kappa shape index (κ2) is 2.70. The molecule has 0 nitrogen and oxygen atoms in total. The van der Waals surface area contributed by atoms with Gasteiger partial charge in [0.05, 0.1) is 0 Å². The van der Waals surface area contributed by atoms with Crippen molar-refractivity contribution in [3.05, 3.63) is 24.3 Å². The topological polar surface area (TPSA) is 0 Å². The van der Waals surface area contributed by atoms with Crippen LogP contribution >= 0.6 is 0 Å². The summed E-state index contributed by atoms with van der Waals surface area (Å²) in [6.45, 7) is 7.37. The molecule has 0 bridgehead atoms. The van der Waals surface area contributed by atoms with Gasteiger partial charge in [0.25, 0.3) is 0 Å². The largest absolute Gasteiger partial charge is 0.0909 e. The lowest BCUT2D eigenvalue weighted by atomic mass is 10.3. The molecule has 0 aliphatic rings. The van der Waals surface area contributed by atoms with Gasteiger partial charge in [-0.1, -0.05) is 12.7 Å². The smallest absolute Gasteiger partial charge is 0.0233 e. The Bertz CT molecular complexity index is 68.1. The van der Waals surface area contributed by atoms with Crippen LogP contribution in [0.2, 0.25) is 0 Å². The summed E-state index contributed by atoms with van der Waals surface area (Å²) in [5, 5.41) is 0. The van der Waals surface area contributed by atoms with Crippen LogP contribution in [0.4, 0.5) is 0 Å². The fourth-order valence-corrected chi connectivity index (χ4v) is 0.102. The molecule has 0 heterocycles. The Morgan fingerprint density at radius 2 is 2.33 bits per heavy atom. The monoisotopic (exact) mass is 81.1 g/mol. The summed E-state index contributed by atoms with van der Waals surface area (Å²) < 4.78 is 0. The molecule has 0 aromatic heterocycles. The van der Waals surface area contributed by atoms with Crippen molar-refractivity contribution in [3.63, 3.8) is 0 Å². The van der Waals surface area contributed by atoms with Crippen LogP contribution in [0.3, 0.4) is 0 Å². The minimum Gasteiger partial charge on any atom is -0.0909 e. The first-order chi connectivity index (χ1) is 2.81. The molecule has 0 saturated carbocycles. The third-order valence-electron chi connectivity index (χ3n) is 0.712. The van der Waals surface area contributed by atoms with E-state index in [0.717, 1.165) is 5.57 Å². The van der Waals surface area contributed by atoms with Gasteiger partial charge in [-0.3, -0.25) is 0 Å². The molecule has 0 N–H and O–H groups in total. The summed E-state index contributed by atoms with van der Waals surface area (Å²) in [6, 6.07) is 0. The number of allylic oxidation sites excluding steroid dienone is 3. The van der Waals surface area contributed by atoms with Crippen molar-refractivity contribution in [2.24, 2.45) is 0 Å². The molecule has 0 spiro atoms. The van der Waals surface area contributed by atoms with E-state index >= 15 is 0 Å². The van der Waals surface area contributed by atoms with E-state index in [1.807, 2.05) is 19.9 Å². The summed E-state index contributed by atoms with van der Waals surface area (Å²) in [7, 11) is 0. The highest BCUT2D eigenvalue weighted by Crippen LogP contribution is 1.86. The van der Waals surface area contributed by atoms with E-state index in [1.165, 1.54) is 0 Å². The van der Waals surface area contributed by atoms with Crippen LogP contribution in [0.1, 0.15) is 13.8 Å². The maximum atomic E-state index is 3.44. The molecule has 0 rings (SSSR count). The van der Waals surface area contributed by atoms with Crippen molar-refractivity contribution in [1.29, 1.82) is 0 Å². The Hall–Kier alpha value is -0.520. The first-order valence-electron chi connectivity index (χ1n) is 1.97. The zero-order valence-electron chi connectivity index (χ0n) is 4.28. The molecule has 0 aliphatic carbocycles. The molecule has 0 aliphatic heterocycles. The zero-order valence-corrected chi connectivity index (χ0v) is 4.28. The van der Waals surface area contributed by atoms with Crippen molar-refractivity contribution in [3.8, 4) is 0 Å². The highest BCUT2D eigenvalue weighted by molar-refractivity contribution is 5.04. The average molecular weight is 81.1 g/mol. The van der Waals surface area contributed by atoms with Gasteiger partial charge in [-0.05, 0) is 25.5 Å². The van der Waals surface area contributed by atoms with Gasteiger partial charge in [0.2, 0.25) is 0 Å². The summed E-state index contributed by atoms with van der Waals surface area (Å²) in [6.07, 6.45) is 4.69. The molecule has 0 fully saturated rings. The van der Waals surface area contributed by atoms with Crippen molar-refractivity contribution < 1.29 is 0 Å². The highest BCUT2D eigenvalue weighted by atomic mass is 13.7. The second-order valence-electron chi connectivity index (χ2n) is 1.15. The molecular weight excluding hydrogens is 72.1 g/mol. The molecular formula is C6H9. The molecule has 0 saturated heterocycles. The van der Waals surface area contributed by atoms with Crippen molar-refractivity contribution in [2.45, 2.75) is 13.8 Å². The lowest BCUT2D eigenvalue weighted by Gasteiger charge is -1.77. The van der Waals surface area contributed by atoms with Gasteiger partial charge in [-0.25, -0.2) is 0 Å². The van der Waals surface area contributed by atoms with E-state index in [-0.39, 0.29) is 0 Å². The minimum absolute atomic E-state index is 1.11. The maximum Gasteiger partial charge on any atom is -0.0233 e. The first-order valence-corrected chi connectivity index (χ1v) is 1.97. The van der Waals surface area contributed by atoms with Crippen molar-refractivity contribution in [2.75, 3.05) is 0 Å². The zero-order chi connectivity index (χ0) is 4.99. The Morgan fingerprint density at radius 3 is 2.33 bits per heavy atom. The van der Waals surface area contributed by atoms with Gasteiger partial charge < -0.3 is 0 Å². The Kier molecular flexibility index (Phi) is 2.47. The lowest BCUT2D eigenvalue weighted by Crippen LogP contribution is -1.58. The van der Waals surface area contributed by atoms with E-state index in [0.29, 0.717) is 0 Å². The quantitative estimate of drug-likeness (QED) is 0.423. The van der Waals surface area contributed by atoms with Crippen LogP contribution in [-0.4, -0.2) is 0 Å². The van der Waals surface area contributed by atoms with E-state index < -0.39 is 0 Å². The SMILES string of the molecule is C=[C]/C(C)=C/C. The van der Waals surface area contributed by atoms with Crippen LogP contribution in [-0.2, 0) is 0 Å². The van der Waals surface area contributed by atoms with Gasteiger partial charge in [-0.15, -0.1) is 0 Å². The number of hydrogen-bond acceptors (Lipinski definition) is 0. The molecule has 0 heteroatoms. The fraction of sp³-hybridized carbons (Fsp3) is 0.333. The standard InChI is InChI=1S/C6H9/c1-4-6(3)5-2/h5H,1H2,2-3H3/b6-5+. The summed E-state index contributed by atoms with van der Waals surface area (Å²) in [5.41, 5.74) is 1.11. The Labute approximate surface area is 39.2 Å². The van der Waals surface area contributed by atoms with Gasteiger partial charge in [-0.2, -0.15) is 0 Å². The third kappa shape index (κ3) is 1.77. The summed E-state index contributed by atoms with van der Waals surface area (Å²) in [4.78, 5) is 0.